The number of ether oxygens (including phenoxy) is 1. The Morgan fingerprint density at radius 3 is 2.77 bits per heavy atom. The van der Waals surface area contributed by atoms with E-state index >= 15 is 0 Å². The summed E-state index contributed by atoms with van der Waals surface area (Å²) < 4.78 is 5.12. The van der Waals surface area contributed by atoms with E-state index in [2.05, 4.69) is 15.3 Å². The van der Waals surface area contributed by atoms with E-state index in [0.717, 1.165) is 11.3 Å². The van der Waals surface area contributed by atoms with E-state index in [0.29, 0.717) is 23.1 Å². The van der Waals surface area contributed by atoms with Crippen LogP contribution in [0, 0.1) is 0 Å². The average molecular weight is 370 g/mol. The SMILES string of the molecule is COc1cc(Nc2nccc(Cc3ccccc3Cl)n2)ccc1C(=O)O. The number of rotatable bonds is 6. The molecule has 0 aliphatic rings. The lowest BCUT2D eigenvalue weighted by Gasteiger charge is -2.10. The average Bonchev–Trinajstić information content (AvgIpc) is 2.63. The van der Waals surface area contributed by atoms with Crippen LogP contribution in [0.15, 0.2) is 54.7 Å². The Balaban J connectivity index is 1.81. The van der Waals surface area contributed by atoms with Crippen molar-refractivity contribution >= 4 is 29.2 Å². The van der Waals surface area contributed by atoms with Gasteiger partial charge in [-0.1, -0.05) is 29.8 Å². The molecule has 26 heavy (non-hydrogen) atoms. The third-order valence-electron chi connectivity index (χ3n) is 3.73. The van der Waals surface area contributed by atoms with Gasteiger partial charge in [0.2, 0.25) is 5.95 Å². The zero-order valence-electron chi connectivity index (χ0n) is 13.9. The fourth-order valence-corrected chi connectivity index (χ4v) is 2.67. The van der Waals surface area contributed by atoms with Crippen LogP contribution in [0.2, 0.25) is 5.02 Å². The van der Waals surface area contributed by atoms with Gasteiger partial charge in [0.15, 0.2) is 0 Å². The maximum atomic E-state index is 11.2. The largest absolute Gasteiger partial charge is 0.496 e. The molecule has 0 aliphatic carbocycles. The Bertz CT molecular complexity index is 947. The smallest absolute Gasteiger partial charge is 0.339 e. The Labute approximate surface area is 155 Å². The molecular formula is C19H16ClN3O3. The highest BCUT2D eigenvalue weighted by atomic mass is 35.5. The molecule has 0 fully saturated rings. The number of nitrogens with zero attached hydrogens (tertiary/aromatic N) is 2. The van der Waals surface area contributed by atoms with Crippen LogP contribution in [0.1, 0.15) is 21.6 Å². The van der Waals surface area contributed by atoms with Crippen LogP contribution in [0.3, 0.4) is 0 Å². The van der Waals surface area contributed by atoms with Crippen LogP contribution in [0.4, 0.5) is 11.6 Å². The summed E-state index contributed by atoms with van der Waals surface area (Å²) in [6, 6.07) is 14.1. The Hall–Kier alpha value is -3.12. The highest BCUT2D eigenvalue weighted by Gasteiger charge is 2.12. The number of carboxylic acid groups (broad SMARTS) is 1. The summed E-state index contributed by atoms with van der Waals surface area (Å²) in [6.45, 7) is 0. The molecule has 0 atom stereocenters. The minimum absolute atomic E-state index is 0.0893. The fourth-order valence-electron chi connectivity index (χ4n) is 2.47. The number of hydrogen-bond acceptors (Lipinski definition) is 5. The van der Waals surface area contributed by atoms with Gasteiger partial charge in [-0.2, -0.15) is 0 Å². The molecule has 0 unspecified atom stereocenters. The molecular weight excluding hydrogens is 354 g/mol. The second kappa shape index (κ2) is 7.84. The number of carboxylic acids is 1. The number of aromatic carboxylic acids is 1. The fraction of sp³-hybridized carbons (Fsp3) is 0.105. The Kier molecular flexibility index (Phi) is 5.34. The first-order valence-electron chi connectivity index (χ1n) is 7.80. The minimum Gasteiger partial charge on any atom is -0.496 e. The summed E-state index contributed by atoms with van der Waals surface area (Å²) in [6.07, 6.45) is 2.24. The number of halogens is 1. The van der Waals surface area contributed by atoms with Crippen molar-refractivity contribution in [3.63, 3.8) is 0 Å². The zero-order valence-corrected chi connectivity index (χ0v) is 14.7. The van der Waals surface area contributed by atoms with Crippen molar-refractivity contribution in [1.29, 1.82) is 0 Å². The highest BCUT2D eigenvalue weighted by Crippen LogP contribution is 2.25. The molecule has 7 heteroatoms. The lowest BCUT2D eigenvalue weighted by Crippen LogP contribution is -2.03. The second-order valence-corrected chi connectivity index (χ2v) is 5.89. The van der Waals surface area contributed by atoms with E-state index in [1.54, 1.807) is 18.3 Å². The first-order valence-corrected chi connectivity index (χ1v) is 8.18. The van der Waals surface area contributed by atoms with Crippen molar-refractivity contribution in [1.82, 2.24) is 9.97 Å². The molecule has 0 radical (unpaired) electrons. The van der Waals surface area contributed by atoms with Crippen LogP contribution in [0.5, 0.6) is 5.75 Å². The first kappa shape index (κ1) is 17.7. The Morgan fingerprint density at radius 1 is 1.23 bits per heavy atom. The maximum absolute atomic E-state index is 11.2. The normalized spacial score (nSPS) is 10.4. The van der Waals surface area contributed by atoms with Crippen molar-refractivity contribution < 1.29 is 14.6 Å². The van der Waals surface area contributed by atoms with Crippen molar-refractivity contribution in [3.8, 4) is 5.75 Å². The molecule has 6 nitrogen and oxygen atoms in total. The van der Waals surface area contributed by atoms with Gasteiger partial charge in [-0.25, -0.2) is 14.8 Å². The van der Waals surface area contributed by atoms with Gasteiger partial charge in [-0.15, -0.1) is 0 Å². The quantitative estimate of drug-likeness (QED) is 0.678. The first-order chi connectivity index (χ1) is 12.6. The number of anilines is 2. The number of hydrogen-bond donors (Lipinski definition) is 2. The van der Waals surface area contributed by atoms with E-state index < -0.39 is 5.97 Å². The van der Waals surface area contributed by atoms with E-state index in [1.165, 1.54) is 13.2 Å². The molecule has 2 aromatic carbocycles. The minimum atomic E-state index is -1.05. The van der Waals surface area contributed by atoms with Crippen molar-refractivity contribution in [2.24, 2.45) is 0 Å². The lowest BCUT2D eigenvalue weighted by molar-refractivity contribution is 0.0693. The molecule has 1 heterocycles. The number of methoxy groups -OCH3 is 1. The summed E-state index contributed by atoms with van der Waals surface area (Å²) in [7, 11) is 1.42. The van der Waals surface area contributed by atoms with Crippen LogP contribution >= 0.6 is 11.6 Å². The molecule has 0 spiro atoms. The molecule has 3 aromatic rings. The van der Waals surface area contributed by atoms with Crippen LogP contribution in [-0.2, 0) is 6.42 Å². The van der Waals surface area contributed by atoms with E-state index in [4.69, 9.17) is 21.4 Å². The predicted octanol–water partition coefficient (Wildman–Crippen LogP) is 4.17. The van der Waals surface area contributed by atoms with Crippen molar-refractivity contribution in [2.45, 2.75) is 6.42 Å². The van der Waals surface area contributed by atoms with E-state index in [1.807, 2.05) is 30.3 Å². The van der Waals surface area contributed by atoms with Crippen LogP contribution in [-0.4, -0.2) is 28.2 Å². The Morgan fingerprint density at radius 2 is 2.04 bits per heavy atom. The van der Waals surface area contributed by atoms with Gasteiger partial charge >= 0.3 is 5.97 Å². The topological polar surface area (TPSA) is 84.3 Å². The number of aromatic nitrogens is 2. The number of carbonyl (C=O) groups is 1. The second-order valence-electron chi connectivity index (χ2n) is 5.48. The van der Waals surface area contributed by atoms with Crippen molar-refractivity contribution in [3.05, 3.63) is 76.6 Å². The summed E-state index contributed by atoms with van der Waals surface area (Å²) in [5.74, 6) is -0.388. The zero-order chi connectivity index (χ0) is 18.5. The van der Waals surface area contributed by atoms with Crippen LogP contribution in [0.25, 0.3) is 0 Å². The number of benzene rings is 2. The molecule has 3 rings (SSSR count). The summed E-state index contributed by atoms with van der Waals surface area (Å²) in [5.41, 5.74) is 2.50. The molecule has 0 aliphatic heterocycles. The third kappa shape index (κ3) is 4.10. The molecule has 0 saturated carbocycles. The van der Waals surface area contributed by atoms with Gasteiger partial charge in [0, 0.05) is 29.4 Å². The molecule has 2 N–H and O–H groups in total. The standard InChI is InChI=1S/C19H16ClN3O3/c1-26-17-11-13(6-7-15(17)18(24)25)22-19-21-9-8-14(23-19)10-12-4-2-3-5-16(12)20/h2-9,11H,10H2,1H3,(H,24,25)(H,21,22,23). The summed E-state index contributed by atoms with van der Waals surface area (Å²) in [4.78, 5) is 19.8. The summed E-state index contributed by atoms with van der Waals surface area (Å²) in [5, 5.41) is 12.9. The molecule has 132 valence electrons. The third-order valence-corrected chi connectivity index (χ3v) is 4.10. The van der Waals surface area contributed by atoms with Crippen molar-refractivity contribution in [2.75, 3.05) is 12.4 Å². The predicted molar refractivity (Wildman–Crippen MR) is 99.5 cm³/mol. The number of nitrogens with one attached hydrogen (secondary N) is 1. The van der Waals surface area contributed by atoms with Gasteiger partial charge in [-0.3, -0.25) is 0 Å². The van der Waals surface area contributed by atoms with Gasteiger partial charge in [-0.05, 0) is 29.8 Å². The highest BCUT2D eigenvalue weighted by molar-refractivity contribution is 6.31. The molecule has 0 amide bonds. The van der Waals surface area contributed by atoms with Gasteiger partial charge in [0.05, 0.1) is 12.8 Å². The maximum Gasteiger partial charge on any atom is 0.339 e. The molecule has 1 aromatic heterocycles. The van der Waals surface area contributed by atoms with E-state index in [9.17, 15) is 4.79 Å². The van der Waals surface area contributed by atoms with E-state index in [-0.39, 0.29) is 11.3 Å². The molecule has 0 bridgehead atoms. The summed E-state index contributed by atoms with van der Waals surface area (Å²) >= 11 is 6.20. The van der Waals surface area contributed by atoms with Gasteiger partial charge < -0.3 is 15.2 Å². The molecule has 0 saturated heterocycles. The van der Waals surface area contributed by atoms with Crippen LogP contribution < -0.4 is 10.1 Å². The van der Waals surface area contributed by atoms with Gasteiger partial charge in [0.25, 0.3) is 0 Å². The van der Waals surface area contributed by atoms with Gasteiger partial charge in [0.1, 0.15) is 11.3 Å². The monoisotopic (exact) mass is 369 g/mol. The lowest BCUT2D eigenvalue weighted by atomic mass is 10.1.